The van der Waals surface area contributed by atoms with Gasteiger partial charge in [-0.3, -0.25) is 0 Å². The topological polar surface area (TPSA) is 24.6 Å². The molecule has 0 N–H and O–H groups in total. The van der Waals surface area contributed by atoms with Crippen LogP contribution in [0.1, 0.15) is 105 Å². The van der Waals surface area contributed by atoms with Crippen LogP contribution < -0.4 is 26.2 Å². The summed E-state index contributed by atoms with van der Waals surface area (Å²) in [5.41, 5.74) is 23.5. The largest absolute Gasteiger partial charge is 0.456 e. The number of para-hydroxylation sites is 2. The molecular weight excluding hydrogens is 1010 g/mol. The van der Waals surface area contributed by atoms with E-state index in [-0.39, 0.29) is 28.4 Å². The minimum absolute atomic E-state index is 0.0833. The molecule has 2 aromatic heterocycles. The van der Waals surface area contributed by atoms with Gasteiger partial charge in [0.15, 0.2) is 0 Å². The van der Waals surface area contributed by atoms with Crippen LogP contribution in [0.4, 0.5) is 34.1 Å². The molecule has 0 saturated heterocycles. The Morgan fingerprint density at radius 3 is 1.35 bits per heavy atom. The van der Waals surface area contributed by atoms with Gasteiger partial charge < -0.3 is 18.8 Å². The van der Waals surface area contributed by atoms with Gasteiger partial charge in [-0.25, -0.2) is 0 Å². The summed E-state index contributed by atoms with van der Waals surface area (Å²) in [4.78, 5) is 5.36. The lowest BCUT2D eigenvalue weighted by molar-refractivity contribution is 0.568. The highest BCUT2D eigenvalue weighted by Crippen LogP contribution is 2.52. The van der Waals surface area contributed by atoms with E-state index in [0.29, 0.717) is 0 Å². The molecule has 0 spiro atoms. The molecular formula is C78H70BN3O. The van der Waals surface area contributed by atoms with E-state index in [1.54, 1.807) is 0 Å². The number of hydrogen-bond acceptors (Lipinski definition) is 3. The van der Waals surface area contributed by atoms with Crippen molar-refractivity contribution in [1.82, 2.24) is 4.57 Å². The van der Waals surface area contributed by atoms with Gasteiger partial charge in [0.2, 0.25) is 0 Å². The first kappa shape index (κ1) is 51.1. The lowest BCUT2D eigenvalue weighted by atomic mass is 9.33. The maximum absolute atomic E-state index is 6.61. The number of hydrogen-bond donors (Lipinski definition) is 0. The standard InChI is InChI=1S/C78H70BN3O/c1-75(2,3)51-41-52(76(4,5)6)44-56(43-51)81-66-39-50(49-32-36-65-62(38-49)60-33-37-69-70(61-28-20-21-29-68(61)83-69)74(60)80(65)55-24-14-13-15-25-55)40-67-71(66)79(63-34-30-47-22-16-18-26-58(47)72(63)81)64-35-31-48-23-17-19-27-59(48)73(64)82(67)57-45-53(77(7,8)9)42-54(46-57)78(10,11)12/h13-46H,1-12H3. The van der Waals surface area contributed by atoms with Crippen LogP contribution in [0.25, 0.3) is 82.1 Å². The second-order valence-corrected chi connectivity index (χ2v) is 27.9. The molecule has 0 atom stereocenters. The first-order valence-corrected chi connectivity index (χ1v) is 29.8. The molecule has 0 bridgehead atoms. The average Bonchev–Trinajstić information content (AvgIpc) is 2.51. The van der Waals surface area contributed by atoms with Gasteiger partial charge in [0.1, 0.15) is 11.2 Å². The third-order valence-electron chi connectivity index (χ3n) is 18.3. The summed E-state index contributed by atoms with van der Waals surface area (Å²) in [5, 5.41) is 9.57. The third kappa shape index (κ3) is 7.94. The van der Waals surface area contributed by atoms with Gasteiger partial charge in [-0.15, -0.1) is 0 Å². The molecule has 0 fully saturated rings. The summed E-state index contributed by atoms with van der Waals surface area (Å²) in [6, 6.07) is 78.8. The Hall–Kier alpha value is -8.80. The van der Waals surface area contributed by atoms with Crippen molar-refractivity contribution in [2.45, 2.75) is 105 Å². The Morgan fingerprint density at radius 2 is 0.831 bits per heavy atom. The molecule has 0 amide bonds. The van der Waals surface area contributed by atoms with Crippen molar-refractivity contribution in [2.75, 3.05) is 9.80 Å². The minimum Gasteiger partial charge on any atom is -0.456 e. The average molecular weight is 1080 g/mol. The zero-order chi connectivity index (χ0) is 57.2. The van der Waals surface area contributed by atoms with E-state index >= 15 is 0 Å². The van der Waals surface area contributed by atoms with Gasteiger partial charge in [0.05, 0.1) is 16.4 Å². The second-order valence-electron chi connectivity index (χ2n) is 27.9. The van der Waals surface area contributed by atoms with Gasteiger partial charge in [-0.05, 0) is 161 Å². The van der Waals surface area contributed by atoms with Crippen LogP contribution >= 0.6 is 0 Å². The first-order chi connectivity index (χ1) is 39.7. The second kappa shape index (κ2) is 17.9. The SMILES string of the molecule is CC(C)(C)c1cc(N2c3cc(-c4ccc5c(c4)c4ccc6oc7ccccc7c6c4n5-c4ccccc4)cc4c3B(c3ccc5ccccc5c32)c2ccc3ccccc3c2N4c2cc(C(C)(C)C)cc(C(C)(C)C)c2)cc(C(C)(C)C)c1. The Labute approximate surface area is 488 Å². The van der Waals surface area contributed by atoms with Crippen molar-refractivity contribution in [3.63, 3.8) is 0 Å². The summed E-state index contributed by atoms with van der Waals surface area (Å²) in [6.45, 7) is 28.2. The fourth-order valence-electron chi connectivity index (χ4n) is 13.8. The summed E-state index contributed by atoms with van der Waals surface area (Å²) < 4.78 is 9.07. The van der Waals surface area contributed by atoms with Crippen LogP contribution in [-0.4, -0.2) is 11.3 Å². The summed E-state index contributed by atoms with van der Waals surface area (Å²) >= 11 is 0. The molecule has 15 rings (SSSR count). The van der Waals surface area contributed by atoms with Crippen molar-refractivity contribution in [3.05, 3.63) is 229 Å². The van der Waals surface area contributed by atoms with Crippen LogP contribution in [0.5, 0.6) is 0 Å². The molecule has 0 aliphatic carbocycles. The van der Waals surface area contributed by atoms with Gasteiger partial charge in [-0.2, -0.15) is 0 Å². The molecule has 0 radical (unpaired) electrons. The summed E-state index contributed by atoms with van der Waals surface area (Å²) in [6.07, 6.45) is 0. The molecule has 4 nitrogen and oxygen atoms in total. The third-order valence-corrected chi connectivity index (χ3v) is 18.3. The highest BCUT2D eigenvalue weighted by molar-refractivity contribution is 7.00. The van der Waals surface area contributed by atoms with Gasteiger partial charge in [0.25, 0.3) is 6.71 Å². The van der Waals surface area contributed by atoms with Crippen LogP contribution in [0.3, 0.4) is 0 Å². The van der Waals surface area contributed by atoms with Gasteiger partial charge in [0, 0.05) is 66.7 Å². The van der Waals surface area contributed by atoms with Crippen molar-refractivity contribution in [3.8, 4) is 16.8 Å². The van der Waals surface area contributed by atoms with E-state index in [1.807, 2.05) is 0 Å². The normalized spacial score (nSPS) is 13.7. The summed E-state index contributed by atoms with van der Waals surface area (Å²) in [5.74, 6) is 0. The lowest BCUT2D eigenvalue weighted by Gasteiger charge is -2.46. The van der Waals surface area contributed by atoms with E-state index in [4.69, 9.17) is 4.42 Å². The van der Waals surface area contributed by atoms with E-state index in [1.165, 1.54) is 105 Å². The van der Waals surface area contributed by atoms with E-state index in [9.17, 15) is 0 Å². The van der Waals surface area contributed by atoms with Crippen LogP contribution in [-0.2, 0) is 21.7 Å². The van der Waals surface area contributed by atoms with Crippen molar-refractivity contribution < 1.29 is 4.42 Å². The van der Waals surface area contributed by atoms with Gasteiger partial charge >= 0.3 is 0 Å². The predicted octanol–water partition coefficient (Wildman–Crippen LogP) is 19.9. The Bertz CT molecular complexity index is 4600. The molecule has 2 aliphatic rings. The molecule has 406 valence electrons. The van der Waals surface area contributed by atoms with Gasteiger partial charge in [-0.1, -0.05) is 210 Å². The maximum Gasteiger partial charge on any atom is 0.252 e. The first-order valence-electron chi connectivity index (χ1n) is 29.8. The van der Waals surface area contributed by atoms with Crippen molar-refractivity contribution in [1.29, 1.82) is 0 Å². The van der Waals surface area contributed by atoms with Crippen LogP contribution in [0, 0.1) is 0 Å². The van der Waals surface area contributed by atoms with E-state index in [2.05, 4.69) is 304 Å². The quantitative estimate of drug-likeness (QED) is 0.164. The van der Waals surface area contributed by atoms with E-state index < -0.39 is 0 Å². The fraction of sp³-hybridized carbons (Fsp3) is 0.205. The highest BCUT2D eigenvalue weighted by Gasteiger charge is 2.45. The zero-order valence-corrected chi connectivity index (χ0v) is 50.0. The van der Waals surface area contributed by atoms with Crippen molar-refractivity contribution in [2.24, 2.45) is 0 Å². The zero-order valence-electron chi connectivity index (χ0n) is 50.0. The molecule has 13 aromatic rings. The predicted molar refractivity (Wildman–Crippen MR) is 357 cm³/mol. The lowest BCUT2D eigenvalue weighted by Crippen LogP contribution is -2.61. The minimum atomic E-state index is -0.112. The number of aromatic nitrogens is 1. The molecule has 11 aromatic carbocycles. The number of benzene rings is 11. The molecule has 0 unspecified atom stereocenters. The number of nitrogens with zero attached hydrogens (tertiary/aromatic N) is 3. The highest BCUT2D eigenvalue weighted by atomic mass is 16.3. The van der Waals surface area contributed by atoms with E-state index in [0.717, 1.165) is 49.8 Å². The number of furan rings is 1. The Kier molecular flexibility index (Phi) is 11.0. The fourth-order valence-corrected chi connectivity index (χ4v) is 13.8. The number of anilines is 6. The molecule has 83 heavy (non-hydrogen) atoms. The summed E-state index contributed by atoms with van der Waals surface area (Å²) in [7, 11) is 0. The molecule has 2 aliphatic heterocycles. The maximum atomic E-state index is 6.61. The number of fused-ring (bicyclic) bond motifs is 15. The van der Waals surface area contributed by atoms with Crippen molar-refractivity contribution >= 4 is 123 Å². The number of rotatable bonds is 4. The monoisotopic (exact) mass is 1080 g/mol. The molecule has 0 saturated carbocycles. The molecule has 4 heterocycles. The van der Waals surface area contributed by atoms with Crippen LogP contribution in [0.15, 0.2) is 211 Å². The molecule has 5 heteroatoms. The Morgan fingerprint density at radius 1 is 0.349 bits per heavy atom. The Balaban J connectivity index is 1.11. The van der Waals surface area contributed by atoms with Crippen LogP contribution in [0.2, 0.25) is 0 Å². The smallest absolute Gasteiger partial charge is 0.252 e.